The smallest absolute Gasteiger partial charge is 0.410 e. The van der Waals surface area contributed by atoms with Crippen LogP contribution in [0.1, 0.15) is 29.3 Å². The minimum absolute atomic E-state index is 0.0177. The lowest BCUT2D eigenvalue weighted by Crippen LogP contribution is -2.48. The molecule has 0 N–H and O–H groups in total. The zero-order chi connectivity index (χ0) is 22.6. The Labute approximate surface area is 184 Å². The van der Waals surface area contributed by atoms with Crippen molar-refractivity contribution >= 4 is 6.09 Å². The van der Waals surface area contributed by atoms with Gasteiger partial charge in [0, 0.05) is 19.5 Å². The molecule has 1 fully saturated rings. The number of aromatic nitrogens is 3. The van der Waals surface area contributed by atoms with Crippen LogP contribution in [0.3, 0.4) is 0 Å². The molecule has 2 aromatic carbocycles. The van der Waals surface area contributed by atoms with E-state index < -0.39 is 24.4 Å². The molecule has 1 aliphatic heterocycles. The van der Waals surface area contributed by atoms with Gasteiger partial charge >= 0.3 is 6.09 Å². The van der Waals surface area contributed by atoms with Gasteiger partial charge in [0.15, 0.2) is 5.82 Å². The molecule has 1 amide bonds. The Bertz CT molecular complexity index is 1040. The van der Waals surface area contributed by atoms with E-state index in [1.807, 2.05) is 54.6 Å². The van der Waals surface area contributed by atoms with E-state index in [1.165, 1.54) is 15.9 Å². The number of nitrogens with zero attached hydrogens (tertiary/aromatic N) is 4. The first-order valence-corrected chi connectivity index (χ1v) is 10.3. The molecular formula is C23H24F2N4O3. The number of halogens is 2. The summed E-state index contributed by atoms with van der Waals surface area (Å²) < 4.78 is 41.3. The monoisotopic (exact) mass is 442 g/mol. The van der Waals surface area contributed by atoms with E-state index in [9.17, 15) is 13.6 Å². The van der Waals surface area contributed by atoms with Crippen LogP contribution in [0.4, 0.5) is 13.6 Å². The number of rotatable bonds is 6. The Hall–Kier alpha value is -3.49. The maximum absolute atomic E-state index is 14.7. The average molecular weight is 442 g/mol. The van der Waals surface area contributed by atoms with Crippen molar-refractivity contribution in [1.29, 1.82) is 0 Å². The van der Waals surface area contributed by atoms with E-state index >= 15 is 0 Å². The predicted molar refractivity (Wildman–Crippen MR) is 113 cm³/mol. The number of alkyl halides is 2. The first kappa shape index (κ1) is 21.7. The molecule has 1 unspecified atom stereocenters. The third-order valence-corrected chi connectivity index (χ3v) is 5.46. The molecule has 9 heteroatoms. The van der Waals surface area contributed by atoms with Crippen LogP contribution >= 0.6 is 0 Å². The fraction of sp³-hybridized carbons (Fsp3) is 0.348. The Morgan fingerprint density at radius 3 is 2.59 bits per heavy atom. The van der Waals surface area contributed by atoms with Gasteiger partial charge in [0.1, 0.15) is 24.6 Å². The van der Waals surface area contributed by atoms with Crippen LogP contribution in [0.25, 0.3) is 0 Å². The second kappa shape index (κ2) is 9.33. The van der Waals surface area contributed by atoms with E-state index in [0.29, 0.717) is 6.54 Å². The maximum atomic E-state index is 14.7. The average Bonchev–Trinajstić information content (AvgIpc) is 3.26. The van der Waals surface area contributed by atoms with Gasteiger partial charge in [-0.05, 0) is 23.3 Å². The summed E-state index contributed by atoms with van der Waals surface area (Å²) in [7, 11) is 1.59. The quantitative estimate of drug-likeness (QED) is 0.575. The minimum Gasteiger partial charge on any atom is -0.497 e. The lowest BCUT2D eigenvalue weighted by atomic mass is 9.93. The van der Waals surface area contributed by atoms with Crippen LogP contribution in [0.15, 0.2) is 60.9 Å². The van der Waals surface area contributed by atoms with Gasteiger partial charge in [-0.2, -0.15) is 5.10 Å². The number of carbonyl (C=O) groups excluding carboxylic acids is 1. The molecule has 1 saturated heterocycles. The highest BCUT2D eigenvalue weighted by atomic mass is 19.3. The molecule has 0 bridgehead atoms. The summed E-state index contributed by atoms with van der Waals surface area (Å²) in [5.41, 5.74) is 1.77. The van der Waals surface area contributed by atoms with E-state index in [1.54, 1.807) is 7.11 Å². The second-order valence-electron chi connectivity index (χ2n) is 7.70. The van der Waals surface area contributed by atoms with Crippen LogP contribution < -0.4 is 4.74 Å². The Balaban J connectivity index is 1.41. The molecule has 2 heterocycles. The van der Waals surface area contributed by atoms with Crippen LogP contribution in [-0.4, -0.2) is 51.9 Å². The summed E-state index contributed by atoms with van der Waals surface area (Å²) in [5.74, 6) is -3.56. The molecule has 168 valence electrons. The van der Waals surface area contributed by atoms with Crippen molar-refractivity contribution in [3.63, 3.8) is 0 Å². The SMILES string of the molecule is COc1ccc(Cn2cnc(C3CN(C(=O)OCc4ccccc4)CCC3(F)F)n2)cc1. The molecule has 1 aliphatic rings. The summed E-state index contributed by atoms with van der Waals surface area (Å²) in [6, 6.07) is 16.6. The second-order valence-corrected chi connectivity index (χ2v) is 7.70. The number of carbonyl (C=O) groups is 1. The van der Waals surface area contributed by atoms with Crippen LogP contribution in [0, 0.1) is 0 Å². The molecule has 32 heavy (non-hydrogen) atoms. The van der Waals surface area contributed by atoms with E-state index in [-0.39, 0.29) is 25.5 Å². The molecule has 0 radical (unpaired) electrons. The molecule has 1 atom stereocenters. The number of methoxy groups -OCH3 is 1. The number of benzene rings is 2. The number of ether oxygens (including phenoxy) is 2. The summed E-state index contributed by atoms with van der Waals surface area (Å²) in [5, 5.41) is 4.27. The number of piperidine rings is 1. The largest absolute Gasteiger partial charge is 0.497 e. The van der Waals surface area contributed by atoms with Crippen LogP contribution in [-0.2, 0) is 17.9 Å². The zero-order valence-corrected chi connectivity index (χ0v) is 17.7. The van der Waals surface area contributed by atoms with Crippen molar-refractivity contribution in [1.82, 2.24) is 19.7 Å². The van der Waals surface area contributed by atoms with Gasteiger partial charge in [0.05, 0.1) is 13.7 Å². The summed E-state index contributed by atoms with van der Waals surface area (Å²) in [4.78, 5) is 17.9. The van der Waals surface area contributed by atoms with Gasteiger partial charge in [0.25, 0.3) is 5.92 Å². The van der Waals surface area contributed by atoms with Crippen molar-refractivity contribution in [3.05, 3.63) is 77.9 Å². The van der Waals surface area contributed by atoms with Crippen molar-refractivity contribution in [3.8, 4) is 5.75 Å². The molecule has 0 saturated carbocycles. The normalized spacial score (nSPS) is 17.7. The Morgan fingerprint density at radius 1 is 1.12 bits per heavy atom. The topological polar surface area (TPSA) is 69.5 Å². The van der Waals surface area contributed by atoms with Crippen molar-refractivity contribution in [2.45, 2.75) is 31.4 Å². The lowest BCUT2D eigenvalue weighted by molar-refractivity contribution is -0.0750. The van der Waals surface area contributed by atoms with E-state index in [4.69, 9.17) is 9.47 Å². The van der Waals surface area contributed by atoms with Crippen molar-refractivity contribution in [2.75, 3.05) is 20.2 Å². The molecule has 1 aromatic heterocycles. The standard InChI is InChI=1S/C23H24F2N4O3/c1-31-19-9-7-17(8-10-19)13-29-16-26-21(27-29)20-14-28(12-11-23(20,24)25)22(30)32-15-18-5-3-2-4-6-18/h2-10,16,20H,11-15H2,1H3. The fourth-order valence-corrected chi connectivity index (χ4v) is 3.61. The van der Waals surface area contributed by atoms with Gasteiger partial charge < -0.3 is 14.4 Å². The van der Waals surface area contributed by atoms with Crippen molar-refractivity contribution in [2.24, 2.45) is 0 Å². The lowest BCUT2D eigenvalue weighted by Gasteiger charge is -2.36. The maximum Gasteiger partial charge on any atom is 0.410 e. The summed E-state index contributed by atoms with van der Waals surface area (Å²) in [6.45, 7) is 0.195. The predicted octanol–water partition coefficient (Wildman–Crippen LogP) is 4.10. The summed E-state index contributed by atoms with van der Waals surface area (Å²) >= 11 is 0. The first-order valence-electron chi connectivity index (χ1n) is 10.3. The Morgan fingerprint density at radius 2 is 1.88 bits per heavy atom. The number of hydrogen-bond donors (Lipinski definition) is 0. The number of amides is 1. The highest BCUT2D eigenvalue weighted by Gasteiger charge is 2.48. The van der Waals surface area contributed by atoms with Gasteiger partial charge in [-0.15, -0.1) is 0 Å². The molecule has 7 nitrogen and oxygen atoms in total. The van der Waals surface area contributed by atoms with Crippen molar-refractivity contribution < 1.29 is 23.0 Å². The molecular weight excluding hydrogens is 418 g/mol. The summed E-state index contributed by atoms with van der Waals surface area (Å²) in [6.07, 6.45) is 0.347. The highest BCUT2D eigenvalue weighted by molar-refractivity contribution is 5.68. The van der Waals surface area contributed by atoms with Crippen LogP contribution in [0.2, 0.25) is 0 Å². The zero-order valence-electron chi connectivity index (χ0n) is 17.7. The molecule has 0 spiro atoms. The van der Waals surface area contributed by atoms with Gasteiger partial charge in [-0.1, -0.05) is 42.5 Å². The van der Waals surface area contributed by atoms with Gasteiger partial charge in [0.2, 0.25) is 0 Å². The first-order chi connectivity index (χ1) is 15.4. The van der Waals surface area contributed by atoms with E-state index in [0.717, 1.165) is 16.9 Å². The fourth-order valence-electron chi connectivity index (χ4n) is 3.61. The van der Waals surface area contributed by atoms with Crippen LogP contribution in [0.5, 0.6) is 5.75 Å². The number of likely N-dealkylation sites (tertiary alicyclic amines) is 1. The molecule has 3 aromatic rings. The third-order valence-electron chi connectivity index (χ3n) is 5.46. The molecule has 4 rings (SSSR count). The highest BCUT2D eigenvalue weighted by Crippen LogP contribution is 2.39. The third kappa shape index (κ3) is 5.04. The van der Waals surface area contributed by atoms with Gasteiger partial charge in [-0.25, -0.2) is 23.2 Å². The molecule has 0 aliphatic carbocycles. The minimum atomic E-state index is -3.01. The number of hydrogen-bond acceptors (Lipinski definition) is 5. The van der Waals surface area contributed by atoms with Gasteiger partial charge in [-0.3, -0.25) is 0 Å². The Kier molecular flexibility index (Phi) is 6.34. The van der Waals surface area contributed by atoms with E-state index in [2.05, 4.69) is 10.1 Å².